The standard InChI is InChI=1S/C13H15ClN2O/c1-8-5-10-9(3-4-14)11(15-2)6-12(17)13(10)16-7-8/h5-7,15,17H,3-4H2,1-2H3. The summed E-state index contributed by atoms with van der Waals surface area (Å²) >= 11 is 5.83. The lowest BCUT2D eigenvalue weighted by Gasteiger charge is -2.13. The quantitative estimate of drug-likeness (QED) is 0.823. The number of rotatable bonds is 3. The number of fused-ring (bicyclic) bond motifs is 1. The summed E-state index contributed by atoms with van der Waals surface area (Å²) in [4.78, 5) is 4.28. The van der Waals surface area contributed by atoms with Crippen molar-refractivity contribution in [2.45, 2.75) is 13.3 Å². The van der Waals surface area contributed by atoms with Gasteiger partial charge in [0.15, 0.2) is 0 Å². The molecule has 1 heterocycles. The largest absolute Gasteiger partial charge is 0.506 e. The van der Waals surface area contributed by atoms with Crippen LogP contribution in [0.25, 0.3) is 10.9 Å². The fraction of sp³-hybridized carbons (Fsp3) is 0.308. The smallest absolute Gasteiger partial charge is 0.143 e. The van der Waals surface area contributed by atoms with Gasteiger partial charge in [-0.25, -0.2) is 0 Å². The van der Waals surface area contributed by atoms with Gasteiger partial charge in [-0.05, 0) is 30.5 Å². The molecule has 0 spiro atoms. The normalized spacial score (nSPS) is 10.8. The van der Waals surface area contributed by atoms with Crippen molar-refractivity contribution in [2.75, 3.05) is 18.2 Å². The van der Waals surface area contributed by atoms with Crippen LogP contribution in [0, 0.1) is 6.92 Å². The van der Waals surface area contributed by atoms with Crippen LogP contribution >= 0.6 is 11.6 Å². The molecule has 0 unspecified atom stereocenters. The van der Waals surface area contributed by atoms with Crippen LogP contribution in [0.15, 0.2) is 18.3 Å². The number of aromatic nitrogens is 1. The molecule has 4 heteroatoms. The highest BCUT2D eigenvalue weighted by atomic mass is 35.5. The van der Waals surface area contributed by atoms with E-state index >= 15 is 0 Å². The molecule has 0 radical (unpaired) electrons. The molecule has 0 aliphatic carbocycles. The highest BCUT2D eigenvalue weighted by Gasteiger charge is 2.11. The van der Waals surface area contributed by atoms with E-state index in [9.17, 15) is 5.11 Å². The molecule has 2 aromatic rings. The van der Waals surface area contributed by atoms with Crippen LogP contribution in [0.3, 0.4) is 0 Å². The summed E-state index contributed by atoms with van der Waals surface area (Å²) in [5.74, 6) is 0.741. The average Bonchev–Trinajstić information content (AvgIpc) is 2.32. The number of alkyl halides is 1. The number of anilines is 1. The number of hydrogen-bond acceptors (Lipinski definition) is 3. The number of nitrogens with one attached hydrogen (secondary N) is 1. The zero-order chi connectivity index (χ0) is 12.4. The zero-order valence-corrected chi connectivity index (χ0v) is 10.7. The number of phenolic OH excluding ortho intramolecular Hbond substituents is 1. The third kappa shape index (κ3) is 2.15. The van der Waals surface area contributed by atoms with Crippen molar-refractivity contribution in [1.29, 1.82) is 0 Å². The van der Waals surface area contributed by atoms with Gasteiger partial charge in [0.05, 0.1) is 0 Å². The number of pyridine rings is 1. The number of aromatic hydroxyl groups is 1. The predicted octanol–water partition coefficient (Wildman–Crippen LogP) is 3.07. The molecular formula is C13H15ClN2O. The molecule has 2 rings (SSSR count). The topological polar surface area (TPSA) is 45.1 Å². The van der Waals surface area contributed by atoms with Crippen LogP contribution in [0.5, 0.6) is 5.75 Å². The van der Waals surface area contributed by atoms with Gasteiger partial charge in [-0.15, -0.1) is 11.6 Å². The van der Waals surface area contributed by atoms with E-state index in [-0.39, 0.29) is 5.75 Å². The molecule has 0 amide bonds. The van der Waals surface area contributed by atoms with Crippen LogP contribution in [-0.4, -0.2) is 23.0 Å². The maximum Gasteiger partial charge on any atom is 0.143 e. The summed E-state index contributed by atoms with van der Waals surface area (Å²) in [7, 11) is 1.83. The molecule has 0 aliphatic rings. The number of aryl methyl sites for hydroxylation is 2. The van der Waals surface area contributed by atoms with Crippen molar-refractivity contribution in [3.05, 3.63) is 29.5 Å². The molecule has 2 N–H and O–H groups in total. The third-order valence-electron chi connectivity index (χ3n) is 2.81. The maximum atomic E-state index is 9.93. The van der Waals surface area contributed by atoms with E-state index in [1.165, 1.54) is 0 Å². The predicted molar refractivity (Wildman–Crippen MR) is 72.1 cm³/mol. The van der Waals surface area contributed by atoms with Crippen LogP contribution in [0.4, 0.5) is 5.69 Å². The summed E-state index contributed by atoms with van der Waals surface area (Å²) in [6.07, 6.45) is 2.51. The zero-order valence-electron chi connectivity index (χ0n) is 9.92. The first-order valence-electron chi connectivity index (χ1n) is 5.52. The molecule has 17 heavy (non-hydrogen) atoms. The highest BCUT2D eigenvalue weighted by molar-refractivity contribution is 6.18. The Morgan fingerprint density at radius 3 is 2.82 bits per heavy atom. The molecule has 0 atom stereocenters. The Balaban J connectivity index is 2.80. The number of halogens is 1. The third-order valence-corrected chi connectivity index (χ3v) is 3.00. The van der Waals surface area contributed by atoms with E-state index in [1.54, 1.807) is 12.3 Å². The number of benzene rings is 1. The lowest BCUT2D eigenvalue weighted by atomic mass is 10.0. The van der Waals surface area contributed by atoms with Gasteiger partial charge >= 0.3 is 0 Å². The Kier molecular flexibility index (Phi) is 3.38. The minimum atomic E-state index is 0.197. The minimum absolute atomic E-state index is 0.197. The van der Waals surface area contributed by atoms with Crippen molar-refractivity contribution in [1.82, 2.24) is 4.98 Å². The molecule has 0 bridgehead atoms. The molecule has 90 valence electrons. The van der Waals surface area contributed by atoms with Crippen molar-refractivity contribution >= 4 is 28.2 Å². The monoisotopic (exact) mass is 250 g/mol. The van der Waals surface area contributed by atoms with Gasteiger partial charge in [0.1, 0.15) is 11.3 Å². The number of phenols is 1. The number of hydrogen-bond donors (Lipinski definition) is 2. The molecule has 1 aromatic heterocycles. The van der Waals surface area contributed by atoms with Crippen molar-refractivity contribution in [3.8, 4) is 5.75 Å². The van der Waals surface area contributed by atoms with E-state index < -0.39 is 0 Å². The molecule has 3 nitrogen and oxygen atoms in total. The fourth-order valence-electron chi connectivity index (χ4n) is 2.03. The van der Waals surface area contributed by atoms with Crippen LogP contribution in [0.1, 0.15) is 11.1 Å². The minimum Gasteiger partial charge on any atom is -0.506 e. The van der Waals surface area contributed by atoms with Gasteiger partial charge in [-0.2, -0.15) is 0 Å². The SMILES string of the molecule is CNc1cc(O)c2ncc(C)cc2c1CCCl. The van der Waals surface area contributed by atoms with E-state index in [0.717, 1.165) is 28.6 Å². The molecule has 0 aliphatic heterocycles. The van der Waals surface area contributed by atoms with Gasteiger partial charge in [-0.3, -0.25) is 4.98 Å². The second-order valence-electron chi connectivity index (χ2n) is 4.02. The van der Waals surface area contributed by atoms with E-state index in [2.05, 4.69) is 10.3 Å². The lowest BCUT2D eigenvalue weighted by Crippen LogP contribution is -1.99. The summed E-state index contributed by atoms with van der Waals surface area (Å²) in [6, 6.07) is 3.73. The maximum absolute atomic E-state index is 9.93. The Hall–Kier alpha value is -1.48. The number of nitrogens with zero attached hydrogens (tertiary/aromatic N) is 1. The van der Waals surface area contributed by atoms with Crippen LogP contribution in [0.2, 0.25) is 0 Å². The summed E-state index contributed by atoms with van der Waals surface area (Å²) < 4.78 is 0. The molecular weight excluding hydrogens is 236 g/mol. The fourth-order valence-corrected chi connectivity index (χ4v) is 2.22. The summed E-state index contributed by atoms with van der Waals surface area (Å²) in [6.45, 7) is 1.99. The van der Waals surface area contributed by atoms with Crippen molar-refractivity contribution in [2.24, 2.45) is 0 Å². The second-order valence-corrected chi connectivity index (χ2v) is 4.40. The van der Waals surface area contributed by atoms with Gasteiger partial charge in [0.25, 0.3) is 0 Å². The Labute approximate surface area is 105 Å². The van der Waals surface area contributed by atoms with Gasteiger partial charge in [0, 0.05) is 36.3 Å². The van der Waals surface area contributed by atoms with Crippen LogP contribution in [-0.2, 0) is 6.42 Å². The van der Waals surface area contributed by atoms with E-state index in [0.29, 0.717) is 11.4 Å². The van der Waals surface area contributed by atoms with Gasteiger partial charge in [-0.1, -0.05) is 0 Å². The van der Waals surface area contributed by atoms with Gasteiger partial charge < -0.3 is 10.4 Å². The Morgan fingerprint density at radius 2 is 2.18 bits per heavy atom. The Morgan fingerprint density at radius 1 is 1.41 bits per heavy atom. The second kappa shape index (κ2) is 4.80. The average molecular weight is 251 g/mol. The highest BCUT2D eigenvalue weighted by Crippen LogP contribution is 2.33. The van der Waals surface area contributed by atoms with E-state index in [1.807, 2.05) is 20.0 Å². The first kappa shape index (κ1) is 12.0. The van der Waals surface area contributed by atoms with Crippen LogP contribution < -0.4 is 5.32 Å². The molecule has 0 fully saturated rings. The first-order valence-corrected chi connectivity index (χ1v) is 6.05. The van der Waals surface area contributed by atoms with Gasteiger partial charge in [0.2, 0.25) is 0 Å². The molecule has 0 saturated carbocycles. The molecule has 0 saturated heterocycles. The van der Waals surface area contributed by atoms with E-state index in [4.69, 9.17) is 11.6 Å². The van der Waals surface area contributed by atoms with Crippen molar-refractivity contribution in [3.63, 3.8) is 0 Å². The summed E-state index contributed by atoms with van der Waals surface area (Å²) in [5, 5.41) is 14.0. The Bertz CT molecular complexity index is 555. The lowest BCUT2D eigenvalue weighted by molar-refractivity contribution is 0.480. The first-order chi connectivity index (χ1) is 8.17. The van der Waals surface area contributed by atoms with Crippen molar-refractivity contribution < 1.29 is 5.11 Å². The molecule has 1 aromatic carbocycles. The summed E-state index contributed by atoms with van der Waals surface area (Å²) in [5.41, 5.74) is 3.71.